The van der Waals surface area contributed by atoms with E-state index >= 15 is 0 Å². The van der Waals surface area contributed by atoms with E-state index in [1.807, 2.05) is 0 Å². The first-order chi connectivity index (χ1) is 7.00. The largest absolute Gasteiger partial charge is 0.491 e. The van der Waals surface area contributed by atoms with Gasteiger partial charge in [-0.05, 0) is 25.1 Å². The average molecular weight is 249 g/mol. The molecule has 0 amide bonds. The number of carboxylic acids is 1. The summed E-state index contributed by atoms with van der Waals surface area (Å²) in [6.07, 6.45) is 0. The summed E-state index contributed by atoms with van der Waals surface area (Å²) in [5.74, 6) is -1.04. The molecule has 1 aromatic rings. The predicted molar refractivity (Wildman–Crippen MR) is 58.8 cm³/mol. The second-order valence-corrected chi connectivity index (χ2v) is 3.97. The fourth-order valence-electron chi connectivity index (χ4n) is 0.878. The van der Waals surface area contributed by atoms with E-state index in [9.17, 15) is 4.79 Å². The number of halogens is 2. The number of ether oxygens (including phenoxy) is 1. The number of hydrogen-bond acceptors (Lipinski definition) is 2. The molecule has 0 aromatic heterocycles. The zero-order valence-electron chi connectivity index (χ0n) is 8.04. The first-order valence-corrected chi connectivity index (χ1v) is 5.07. The maximum Gasteiger partial charge on any atom is 0.309 e. The third-order valence-electron chi connectivity index (χ3n) is 1.80. The molecular formula is C10H10Cl2O3. The molecule has 0 aliphatic heterocycles. The van der Waals surface area contributed by atoms with Gasteiger partial charge in [0.15, 0.2) is 0 Å². The number of aliphatic carboxylic acids is 1. The van der Waals surface area contributed by atoms with Crippen molar-refractivity contribution in [2.75, 3.05) is 6.61 Å². The Balaban J connectivity index is 2.62. The summed E-state index contributed by atoms with van der Waals surface area (Å²) in [5, 5.41) is 9.53. The molecule has 3 nitrogen and oxygen atoms in total. The van der Waals surface area contributed by atoms with Crippen molar-refractivity contribution in [2.24, 2.45) is 5.92 Å². The zero-order valence-corrected chi connectivity index (χ0v) is 9.55. The minimum Gasteiger partial charge on any atom is -0.491 e. The van der Waals surface area contributed by atoms with Crippen molar-refractivity contribution in [1.82, 2.24) is 0 Å². The number of hydrogen-bond donors (Lipinski definition) is 1. The number of rotatable bonds is 4. The van der Waals surface area contributed by atoms with Crippen LogP contribution in [0.3, 0.4) is 0 Å². The van der Waals surface area contributed by atoms with Crippen LogP contribution in [0.5, 0.6) is 5.75 Å². The van der Waals surface area contributed by atoms with E-state index < -0.39 is 11.9 Å². The molecule has 1 N–H and O–H groups in total. The Morgan fingerprint density at radius 1 is 1.53 bits per heavy atom. The maximum absolute atomic E-state index is 10.5. The van der Waals surface area contributed by atoms with Crippen molar-refractivity contribution in [3.63, 3.8) is 0 Å². The van der Waals surface area contributed by atoms with E-state index in [1.165, 1.54) is 0 Å². The lowest BCUT2D eigenvalue weighted by atomic mass is 10.2. The Labute approximate surface area is 97.6 Å². The fourth-order valence-corrected chi connectivity index (χ4v) is 1.34. The van der Waals surface area contributed by atoms with Gasteiger partial charge in [0, 0.05) is 5.02 Å². The lowest BCUT2D eigenvalue weighted by Crippen LogP contribution is -2.17. The summed E-state index contributed by atoms with van der Waals surface area (Å²) in [6.45, 7) is 1.64. The summed E-state index contributed by atoms with van der Waals surface area (Å²) < 4.78 is 5.24. The Morgan fingerprint density at radius 3 is 2.73 bits per heavy atom. The highest BCUT2D eigenvalue weighted by molar-refractivity contribution is 6.35. The summed E-state index contributed by atoms with van der Waals surface area (Å²) >= 11 is 11.5. The van der Waals surface area contributed by atoms with Crippen LogP contribution in [0.2, 0.25) is 10.0 Å². The van der Waals surface area contributed by atoms with Crippen molar-refractivity contribution in [1.29, 1.82) is 0 Å². The lowest BCUT2D eigenvalue weighted by Gasteiger charge is -2.10. The van der Waals surface area contributed by atoms with Crippen molar-refractivity contribution >= 4 is 29.2 Å². The number of benzene rings is 1. The van der Waals surface area contributed by atoms with Crippen LogP contribution >= 0.6 is 23.2 Å². The summed E-state index contributed by atoms with van der Waals surface area (Å²) in [4.78, 5) is 10.5. The maximum atomic E-state index is 10.5. The lowest BCUT2D eigenvalue weighted by molar-refractivity contribution is -0.142. The molecule has 1 atom stereocenters. The second-order valence-electron chi connectivity index (χ2n) is 3.13. The highest BCUT2D eigenvalue weighted by Crippen LogP contribution is 2.27. The van der Waals surface area contributed by atoms with Gasteiger partial charge >= 0.3 is 5.97 Å². The molecule has 0 saturated carbocycles. The molecule has 15 heavy (non-hydrogen) atoms. The molecule has 0 aliphatic carbocycles. The molecule has 1 aromatic carbocycles. The molecule has 82 valence electrons. The van der Waals surface area contributed by atoms with Crippen LogP contribution < -0.4 is 4.74 Å². The normalized spacial score (nSPS) is 12.2. The highest BCUT2D eigenvalue weighted by Gasteiger charge is 2.12. The van der Waals surface area contributed by atoms with Gasteiger partial charge in [0.05, 0.1) is 10.9 Å². The number of carbonyl (C=O) groups is 1. The zero-order chi connectivity index (χ0) is 11.4. The van der Waals surface area contributed by atoms with Gasteiger partial charge in [-0.2, -0.15) is 0 Å². The van der Waals surface area contributed by atoms with Crippen molar-refractivity contribution in [3.8, 4) is 5.75 Å². The molecule has 0 aliphatic rings. The van der Waals surface area contributed by atoms with Crippen LogP contribution in [0.4, 0.5) is 0 Å². The van der Waals surface area contributed by atoms with Crippen molar-refractivity contribution in [3.05, 3.63) is 28.2 Å². The molecule has 1 rings (SSSR count). The molecule has 5 heteroatoms. The summed E-state index contributed by atoms with van der Waals surface area (Å²) in [5.41, 5.74) is 0. The monoisotopic (exact) mass is 248 g/mol. The Morgan fingerprint density at radius 2 is 2.20 bits per heavy atom. The van der Waals surface area contributed by atoms with Crippen LogP contribution in [0.15, 0.2) is 18.2 Å². The first kappa shape index (κ1) is 12.1. The van der Waals surface area contributed by atoms with Crippen molar-refractivity contribution < 1.29 is 14.6 Å². The van der Waals surface area contributed by atoms with E-state index in [1.54, 1.807) is 25.1 Å². The summed E-state index contributed by atoms with van der Waals surface area (Å²) in [6, 6.07) is 4.79. The summed E-state index contributed by atoms with van der Waals surface area (Å²) in [7, 11) is 0. The molecular weight excluding hydrogens is 239 g/mol. The van der Waals surface area contributed by atoms with Crippen LogP contribution in [0, 0.1) is 5.92 Å². The van der Waals surface area contributed by atoms with Gasteiger partial charge in [0.2, 0.25) is 0 Å². The second kappa shape index (κ2) is 5.24. The SMILES string of the molecule is CC(COc1ccc(Cl)cc1Cl)C(=O)O. The Bertz CT molecular complexity index is 366. The van der Waals surface area contributed by atoms with Crippen LogP contribution in [-0.4, -0.2) is 17.7 Å². The van der Waals surface area contributed by atoms with Gasteiger partial charge in [0.1, 0.15) is 12.4 Å². The minimum absolute atomic E-state index is 0.0800. The van der Waals surface area contributed by atoms with Gasteiger partial charge in [-0.25, -0.2) is 0 Å². The Hall–Kier alpha value is -0.930. The number of carboxylic acid groups (broad SMARTS) is 1. The van der Waals surface area contributed by atoms with Crippen LogP contribution in [0.1, 0.15) is 6.92 Å². The minimum atomic E-state index is -0.903. The molecule has 0 fully saturated rings. The van der Waals surface area contributed by atoms with Gasteiger partial charge in [0.25, 0.3) is 0 Å². The third-order valence-corrected chi connectivity index (χ3v) is 2.33. The molecule has 0 spiro atoms. The average Bonchev–Trinajstić information content (AvgIpc) is 2.15. The molecule has 1 unspecified atom stereocenters. The van der Waals surface area contributed by atoms with Gasteiger partial charge in [-0.15, -0.1) is 0 Å². The first-order valence-electron chi connectivity index (χ1n) is 4.31. The molecule has 0 saturated heterocycles. The van der Waals surface area contributed by atoms with E-state index in [-0.39, 0.29) is 6.61 Å². The third kappa shape index (κ3) is 3.61. The predicted octanol–water partition coefficient (Wildman–Crippen LogP) is 3.09. The van der Waals surface area contributed by atoms with Crippen molar-refractivity contribution in [2.45, 2.75) is 6.92 Å². The fraction of sp³-hybridized carbons (Fsp3) is 0.300. The molecule has 0 bridgehead atoms. The van der Waals surface area contributed by atoms with Gasteiger partial charge < -0.3 is 9.84 Å². The highest BCUT2D eigenvalue weighted by atomic mass is 35.5. The topological polar surface area (TPSA) is 46.5 Å². The van der Waals surface area contributed by atoms with E-state index in [4.69, 9.17) is 33.0 Å². The molecule has 0 radical (unpaired) electrons. The van der Waals surface area contributed by atoms with Gasteiger partial charge in [-0.1, -0.05) is 23.2 Å². The quantitative estimate of drug-likeness (QED) is 0.891. The van der Waals surface area contributed by atoms with E-state index in [2.05, 4.69) is 0 Å². The van der Waals surface area contributed by atoms with Crippen LogP contribution in [-0.2, 0) is 4.79 Å². The Kier molecular flexibility index (Phi) is 4.24. The van der Waals surface area contributed by atoms with E-state index in [0.29, 0.717) is 15.8 Å². The van der Waals surface area contributed by atoms with E-state index in [0.717, 1.165) is 0 Å². The molecule has 0 heterocycles. The smallest absolute Gasteiger partial charge is 0.309 e. The standard InChI is InChI=1S/C10H10Cl2O3/c1-6(10(13)14)5-15-9-3-2-7(11)4-8(9)12/h2-4,6H,5H2,1H3,(H,13,14). The van der Waals surface area contributed by atoms with Crippen LogP contribution in [0.25, 0.3) is 0 Å². The van der Waals surface area contributed by atoms with Gasteiger partial charge in [-0.3, -0.25) is 4.79 Å².